The van der Waals surface area contributed by atoms with Gasteiger partial charge in [-0.05, 0) is 41.3 Å². The number of rotatable bonds is 7. The van der Waals surface area contributed by atoms with Crippen molar-refractivity contribution in [1.82, 2.24) is 4.31 Å². The summed E-state index contributed by atoms with van der Waals surface area (Å²) >= 11 is 2.81. The number of benzene rings is 2. The fourth-order valence-corrected chi connectivity index (χ4v) is 7.06. The first kappa shape index (κ1) is 22.8. The van der Waals surface area contributed by atoms with E-state index in [1.54, 1.807) is 53.5 Å². The molecule has 0 atom stereocenters. The van der Waals surface area contributed by atoms with Crippen molar-refractivity contribution in [2.75, 3.05) is 29.9 Å². The average Bonchev–Trinajstić information content (AvgIpc) is 3.31. The number of hydrogen-bond donors (Lipinski definition) is 1. The number of carbonyl (C=O) groups excluding carboxylic acids is 1. The lowest BCUT2D eigenvalue weighted by Crippen LogP contribution is -2.38. The molecule has 0 spiro atoms. The summed E-state index contributed by atoms with van der Waals surface area (Å²) in [6.07, 6.45) is 0. The summed E-state index contributed by atoms with van der Waals surface area (Å²) in [5, 5.41) is 4.37. The van der Waals surface area contributed by atoms with Crippen LogP contribution in [-0.2, 0) is 16.6 Å². The van der Waals surface area contributed by atoms with Crippen LogP contribution >= 0.6 is 23.1 Å². The van der Waals surface area contributed by atoms with E-state index in [1.165, 1.54) is 22.5 Å². The minimum atomic E-state index is -3.72. The number of halogens is 1. The summed E-state index contributed by atoms with van der Waals surface area (Å²) < 4.78 is 46.2. The molecule has 1 aliphatic rings. The number of sulfonamides is 1. The Morgan fingerprint density at radius 2 is 1.84 bits per heavy atom. The Labute approximate surface area is 194 Å². The maximum Gasteiger partial charge on any atom is 0.267 e. The Bertz CT molecular complexity index is 1190. The van der Waals surface area contributed by atoms with E-state index in [1.807, 2.05) is 0 Å². The topological polar surface area (TPSA) is 75.7 Å². The molecule has 2 aromatic carbocycles. The van der Waals surface area contributed by atoms with Crippen LogP contribution in [0.5, 0.6) is 5.75 Å². The molecule has 0 unspecified atom stereocenters. The largest absolute Gasteiger partial charge is 0.489 e. The van der Waals surface area contributed by atoms with Crippen LogP contribution in [0.2, 0.25) is 0 Å². The monoisotopic (exact) mass is 492 g/mol. The number of amides is 1. The Kier molecular flexibility index (Phi) is 7.14. The quantitative estimate of drug-likeness (QED) is 0.527. The predicted molar refractivity (Wildman–Crippen MR) is 126 cm³/mol. The average molecular weight is 493 g/mol. The van der Waals surface area contributed by atoms with E-state index in [4.69, 9.17) is 4.74 Å². The lowest BCUT2D eigenvalue weighted by atomic mass is 10.2. The molecule has 0 saturated carbocycles. The van der Waals surface area contributed by atoms with Crippen molar-refractivity contribution in [3.8, 4) is 5.75 Å². The van der Waals surface area contributed by atoms with Gasteiger partial charge < -0.3 is 10.1 Å². The Morgan fingerprint density at radius 1 is 1.09 bits per heavy atom. The highest BCUT2D eigenvalue weighted by Gasteiger charge is 2.31. The molecule has 1 saturated heterocycles. The molecular weight excluding hydrogens is 471 g/mol. The van der Waals surface area contributed by atoms with Gasteiger partial charge in [-0.15, -0.1) is 11.3 Å². The SMILES string of the molecule is O=C(Nc1cccc(OCc2ccc(F)cc2)c1)c1sccc1S(=O)(=O)N1CCSCC1. The highest BCUT2D eigenvalue weighted by Crippen LogP contribution is 2.28. The van der Waals surface area contributed by atoms with Gasteiger partial charge in [0, 0.05) is 36.3 Å². The molecule has 168 valence electrons. The molecule has 1 amide bonds. The third-order valence-corrected chi connectivity index (χ3v) is 8.76. The fourth-order valence-electron chi connectivity index (χ4n) is 3.19. The normalized spacial score (nSPS) is 14.8. The molecule has 6 nitrogen and oxygen atoms in total. The van der Waals surface area contributed by atoms with Crippen LogP contribution in [0.15, 0.2) is 64.9 Å². The van der Waals surface area contributed by atoms with Crippen molar-refractivity contribution >= 4 is 44.7 Å². The van der Waals surface area contributed by atoms with E-state index in [-0.39, 0.29) is 22.2 Å². The first-order valence-electron chi connectivity index (χ1n) is 9.87. The van der Waals surface area contributed by atoms with Crippen LogP contribution < -0.4 is 10.1 Å². The van der Waals surface area contributed by atoms with Gasteiger partial charge in [-0.25, -0.2) is 12.8 Å². The van der Waals surface area contributed by atoms with Crippen molar-refractivity contribution in [2.24, 2.45) is 0 Å². The number of nitrogens with one attached hydrogen (secondary N) is 1. The second kappa shape index (κ2) is 10.0. The van der Waals surface area contributed by atoms with E-state index in [9.17, 15) is 17.6 Å². The molecule has 0 radical (unpaired) electrons. The molecular formula is C22H21FN2O4S3. The maximum absolute atomic E-state index is 13.0. The van der Waals surface area contributed by atoms with Crippen LogP contribution in [0.4, 0.5) is 10.1 Å². The van der Waals surface area contributed by atoms with Gasteiger partial charge in [-0.1, -0.05) is 18.2 Å². The molecule has 1 aliphatic heterocycles. The van der Waals surface area contributed by atoms with Crippen LogP contribution in [0, 0.1) is 5.82 Å². The van der Waals surface area contributed by atoms with E-state index in [2.05, 4.69) is 5.32 Å². The molecule has 10 heteroatoms. The molecule has 32 heavy (non-hydrogen) atoms. The summed E-state index contributed by atoms with van der Waals surface area (Å²) in [6.45, 7) is 1.13. The van der Waals surface area contributed by atoms with Gasteiger partial charge in [0.05, 0.1) is 0 Å². The minimum Gasteiger partial charge on any atom is -0.489 e. The Balaban J connectivity index is 1.45. The second-order valence-electron chi connectivity index (χ2n) is 7.03. The standard InChI is InChI=1S/C22H21FN2O4S3/c23-17-6-4-16(5-7-17)15-29-19-3-1-2-18(14-19)24-22(26)21-20(8-11-31-21)32(27,28)25-9-12-30-13-10-25/h1-8,11,14H,9-10,12-13,15H2,(H,24,26). The number of thiophene rings is 1. The summed E-state index contributed by atoms with van der Waals surface area (Å²) in [7, 11) is -3.72. The second-order valence-corrected chi connectivity index (χ2v) is 11.1. The zero-order valence-corrected chi connectivity index (χ0v) is 19.4. The smallest absolute Gasteiger partial charge is 0.267 e. The molecule has 1 N–H and O–H groups in total. The predicted octanol–water partition coefficient (Wildman–Crippen LogP) is 4.46. The number of anilines is 1. The van der Waals surface area contributed by atoms with Crippen LogP contribution in [0.3, 0.4) is 0 Å². The third kappa shape index (κ3) is 5.32. The highest BCUT2D eigenvalue weighted by atomic mass is 32.2. The first-order valence-corrected chi connectivity index (χ1v) is 13.3. The molecule has 0 aliphatic carbocycles. The van der Waals surface area contributed by atoms with Crippen LogP contribution in [-0.4, -0.2) is 43.2 Å². The minimum absolute atomic E-state index is 0.0376. The molecule has 4 rings (SSSR count). The molecule has 0 bridgehead atoms. The van der Waals surface area contributed by atoms with Crippen molar-refractivity contribution in [3.63, 3.8) is 0 Å². The first-order chi connectivity index (χ1) is 15.4. The maximum atomic E-state index is 13.0. The lowest BCUT2D eigenvalue weighted by molar-refractivity contribution is 0.102. The zero-order chi connectivity index (χ0) is 22.6. The number of carbonyl (C=O) groups is 1. The van der Waals surface area contributed by atoms with Gasteiger partial charge >= 0.3 is 0 Å². The fraction of sp³-hybridized carbons (Fsp3) is 0.227. The van der Waals surface area contributed by atoms with Crippen LogP contribution in [0.1, 0.15) is 15.2 Å². The van der Waals surface area contributed by atoms with Gasteiger partial charge in [0.1, 0.15) is 27.9 Å². The van der Waals surface area contributed by atoms with Crippen LogP contribution in [0.25, 0.3) is 0 Å². The van der Waals surface area contributed by atoms with E-state index in [0.717, 1.165) is 28.4 Å². The molecule has 3 aromatic rings. The summed E-state index contributed by atoms with van der Waals surface area (Å²) in [5.41, 5.74) is 1.29. The number of ether oxygens (including phenoxy) is 1. The van der Waals surface area contributed by atoms with Crippen molar-refractivity contribution in [1.29, 1.82) is 0 Å². The van der Waals surface area contributed by atoms with Gasteiger partial charge in [-0.2, -0.15) is 16.1 Å². The van der Waals surface area contributed by atoms with E-state index < -0.39 is 15.9 Å². The Hall–Kier alpha value is -2.40. The number of thioether (sulfide) groups is 1. The number of hydrogen-bond acceptors (Lipinski definition) is 6. The highest BCUT2D eigenvalue weighted by molar-refractivity contribution is 7.99. The van der Waals surface area contributed by atoms with Crippen molar-refractivity contribution < 1.29 is 22.3 Å². The zero-order valence-electron chi connectivity index (χ0n) is 17.0. The van der Waals surface area contributed by atoms with E-state index >= 15 is 0 Å². The summed E-state index contributed by atoms with van der Waals surface area (Å²) in [6, 6.07) is 14.3. The van der Waals surface area contributed by atoms with Gasteiger partial charge in [0.15, 0.2) is 0 Å². The van der Waals surface area contributed by atoms with Crippen molar-refractivity contribution in [2.45, 2.75) is 11.5 Å². The number of nitrogens with zero attached hydrogens (tertiary/aromatic N) is 1. The van der Waals surface area contributed by atoms with Gasteiger partial charge in [0.2, 0.25) is 10.0 Å². The van der Waals surface area contributed by atoms with Gasteiger partial charge in [-0.3, -0.25) is 4.79 Å². The third-order valence-electron chi connectivity index (χ3n) is 4.83. The summed E-state index contributed by atoms with van der Waals surface area (Å²) in [5.74, 6) is 1.22. The molecule has 1 fully saturated rings. The molecule has 1 aromatic heterocycles. The van der Waals surface area contributed by atoms with E-state index in [0.29, 0.717) is 24.5 Å². The Morgan fingerprint density at radius 3 is 2.59 bits per heavy atom. The van der Waals surface area contributed by atoms with Gasteiger partial charge in [0.25, 0.3) is 5.91 Å². The molecule has 2 heterocycles. The lowest BCUT2D eigenvalue weighted by Gasteiger charge is -2.25. The summed E-state index contributed by atoms with van der Waals surface area (Å²) in [4.78, 5) is 13.1. The van der Waals surface area contributed by atoms with Crippen molar-refractivity contribution in [3.05, 3.63) is 76.2 Å².